The van der Waals surface area contributed by atoms with Crippen LogP contribution in [-0.2, 0) is 11.8 Å². The van der Waals surface area contributed by atoms with E-state index in [9.17, 15) is 9.18 Å². The first-order valence-electron chi connectivity index (χ1n) is 11.3. The van der Waals surface area contributed by atoms with Gasteiger partial charge in [-0.3, -0.25) is 14.3 Å². The second-order valence-corrected chi connectivity index (χ2v) is 8.35. The van der Waals surface area contributed by atoms with E-state index >= 15 is 0 Å². The van der Waals surface area contributed by atoms with Gasteiger partial charge in [0.05, 0.1) is 26.0 Å². The van der Waals surface area contributed by atoms with Crippen molar-refractivity contribution in [2.24, 2.45) is 7.05 Å². The number of ether oxygens (including phenoxy) is 2. The fourth-order valence-corrected chi connectivity index (χ4v) is 4.32. The van der Waals surface area contributed by atoms with Crippen LogP contribution in [0.1, 0.15) is 11.7 Å². The minimum Gasteiger partial charge on any atom is -0.496 e. The lowest BCUT2D eigenvalue weighted by atomic mass is 9.99. The highest BCUT2D eigenvalue weighted by Crippen LogP contribution is 2.35. The number of methoxy groups -OCH3 is 1. The molecule has 2 aromatic carbocycles. The largest absolute Gasteiger partial charge is 0.496 e. The summed E-state index contributed by atoms with van der Waals surface area (Å²) in [6, 6.07) is 17.4. The van der Waals surface area contributed by atoms with Crippen LogP contribution in [0.2, 0.25) is 0 Å². The van der Waals surface area contributed by atoms with Crippen molar-refractivity contribution in [1.82, 2.24) is 14.5 Å². The number of halogens is 1. The van der Waals surface area contributed by atoms with Crippen LogP contribution < -0.4 is 15.2 Å². The number of rotatable bonds is 5. The molecule has 0 amide bonds. The standard InChI is InChI=1S/C27H25FN4O3/c1-31-26(33)16-23(18-8-10-29-11-9-18)30-27(31)32-12-13-35-25(17-32)22-7-6-20(15-24(22)34-2)19-4-3-5-21(28)14-19/h3-11,14-16,25H,12-13,17H2,1-2H3. The number of anilines is 1. The maximum absolute atomic E-state index is 13.7. The number of aromatic nitrogens is 3. The first-order chi connectivity index (χ1) is 17.0. The number of morpholine rings is 1. The first-order valence-corrected chi connectivity index (χ1v) is 11.3. The quantitative estimate of drug-likeness (QED) is 0.433. The van der Waals surface area contributed by atoms with Crippen LogP contribution in [0.15, 0.2) is 77.9 Å². The summed E-state index contributed by atoms with van der Waals surface area (Å²) in [5.41, 5.74) is 3.80. The lowest BCUT2D eigenvalue weighted by Crippen LogP contribution is -2.41. The number of benzene rings is 2. The van der Waals surface area contributed by atoms with Crippen LogP contribution in [0, 0.1) is 5.82 Å². The van der Waals surface area contributed by atoms with Crippen LogP contribution >= 0.6 is 0 Å². The van der Waals surface area contributed by atoms with Crippen molar-refractivity contribution in [3.05, 3.63) is 94.8 Å². The van der Waals surface area contributed by atoms with E-state index in [1.807, 2.05) is 36.4 Å². The van der Waals surface area contributed by atoms with Gasteiger partial charge in [-0.05, 0) is 41.5 Å². The Hall–Kier alpha value is -4.04. The highest BCUT2D eigenvalue weighted by atomic mass is 19.1. The zero-order chi connectivity index (χ0) is 24.4. The summed E-state index contributed by atoms with van der Waals surface area (Å²) in [7, 11) is 3.33. The Morgan fingerprint density at radius 3 is 2.60 bits per heavy atom. The predicted octanol–water partition coefficient (Wildman–Crippen LogP) is 4.23. The molecular formula is C27H25FN4O3. The van der Waals surface area contributed by atoms with Crippen molar-refractivity contribution in [2.75, 3.05) is 31.7 Å². The van der Waals surface area contributed by atoms with Crippen molar-refractivity contribution in [3.63, 3.8) is 0 Å². The van der Waals surface area contributed by atoms with E-state index in [1.165, 1.54) is 18.2 Å². The minimum absolute atomic E-state index is 0.137. The number of nitrogens with zero attached hydrogens (tertiary/aromatic N) is 4. The van der Waals surface area contributed by atoms with Crippen LogP contribution in [-0.4, -0.2) is 41.3 Å². The van der Waals surface area contributed by atoms with Gasteiger partial charge >= 0.3 is 0 Å². The molecule has 0 aliphatic carbocycles. The van der Waals surface area contributed by atoms with Crippen molar-refractivity contribution in [1.29, 1.82) is 0 Å². The van der Waals surface area contributed by atoms with Crippen molar-refractivity contribution < 1.29 is 13.9 Å². The summed E-state index contributed by atoms with van der Waals surface area (Å²) in [5, 5.41) is 0. The molecule has 1 fully saturated rings. The molecule has 3 heterocycles. The van der Waals surface area contributed by atoms with E-state index in [2.05, 4.69) is 9.88 Å². The SMILES string of the molecule is COc1cc(-c2cccc(F)c2)ccc1C1CN(c2nc(-c3ccncc3)cc(=O)n2C)CCO1. The third-order valence-corrected chi connectivity index (χ3v) is 6.17. The molecule has 0 radical (unpaired) electrons. The Balaban J connectivity index is 1.46. The molecule has 2 aromatic heterocycles. The third-order valence-electron chi connectivity index (χ3n) is 6.17. The van der Waals surface area contributed by atoms with Gasteiger partial charge in [0.25, 0.3) is 5.56 Å². The molecule has 1 atom stereocenters. The molecule has 1 unspecified atom stereocenters. The monoisotopic (exact) mass is 472 g/mol. The molecule has 178 valence electrons. The average Bonchev–Trinajstić information content (AvgIpc) is 2.90. The Labute approximate surface area is 202 Å². The van der Waals surface area contributed by atoms with Crippen molar-refractivity contribution in [3.8, 4) is 28.1 Å². The molecule has 1 saturated heterocycles. The Morgan fingerprint density at radius 1 is 1.03 bits per heavy atom. The van der Waals surface area contributed by atoms with Gasteiger partial charge < -0.3 is 14.4 Å². The smallest absolute Gasteiger partial charge is 0.255 e. The molecule has 35 heavy (non-hydrogen) atoms. The van der Waals surface area contributed by atoms with Crippen LogP contribution in [0.5, 0.6) is 5.75 Å². The van der Waals surface area contributed by atoms with E-state index in [4.69, 9.17) is 14.5 Å². The molecule has 1 aliphatic rings. The molecule has 7 nitrogen and oxygen atoms in total. The van der Waals surface area contributed by atoms with Gasteiger partial charge in [-0.25, -0.2) is 9.37 Å². The van der Waals surface area contributed by atoms with Crippen molar-refractivity contribution >= 4 is 5.95 Å². The Bertz CT molecular complexity index is 1410. The normalized spacial score (nSPS) is 15.7. The zero-order valence-corrected chi connectivity index (χ0v) is 19.5. The molecule has 0 spiro atoms. The van der Waals surface area contributed by atoms with Crippen LogP contribution in [0.3, 0.4) is 0 Å². The van der Waals surface area contributed by atoms with E-state index < -0.39 is 0 Å². The highest BCUT2D eigenvalue weighted by molar-refractivity contribution is 5.66. The molecule has 0 saturated carbocycles. The van der Waals surface area contributed by atoms with Crippen LogP contribution in [0.25, 0.3) is 22.4 Å². The Kier molecular flexibility index (Phi) is 6.29. The second-order valence-electron chi connectivity index (χ2n) is 8.35. The molecule has 0 N–H and O–H groups in total. The first kappa shape index (κ1) is 22.7. The van der Waals surface area contributed by atoms with Gasteiger partial charge in [0.2, 0.25) is 5.95 Å². The maximum Gasteiger partial charge on any atom is 0.255 e. The topological polar surface area (TPSA) is 69.5 Å². The van der Waals surface area contributed by atoms with Crippen molar-refractivity contribution in [2.45, 2.75) is 6.10 Å². The van der Waals surface area contributed by atoms with E-state index in [1.54, 1.807) is 37.2 Å². The molecular weight excluding hydrogens is 447 g/mol. The maximum atomic E-state index is 13.7. The summed E-state index contributed by atoms with van der Waals surface area (Å²) in [4.78, 5) is 23.6. The van der Waals surface area contributed by atoms with Gasteiger partial charge in [0.15, 0.2) is 0 Å². The van der Waals surface area contributed by atoms with E-state index in [0.29, 0.717) is 37.1 Å². The van der Waals surface area contributed by atoms with E-state index in [0.717, 1.165) is 22.3 Å². The molecule has 4 aromatic rings. The fraction of sp³-hybridized carbons (Fsp3) is 0.222. The Morgan fingerprint density at radius 2 is 1.83 bits per heavy atom. The summed E-state index contributed by atoms with van der Waals surface area (Å²) in [6.07, 6.45) is 3.07. The summed E-state index contributed by atoms with van der Waals surface area (Å²) in [5.74, 6) is 0.947. The lowest BCUT2D eigenvalue weighted by Gasteiger charge is -2.35. The second kappa shape index (κ2) is 9.68. The molecule has 5 rings (SSSR count). The van der Waals surface area contributed by atoms with E-state index in [-0.39, 0.29) is 17.5 Å². The number of pyridine rings is 1. The number of hydrogen-bond donors (Lipinski definition) is 0. The summed E-state index contributed by atoms with van der Waals surface area (Å²) in [6.45, 7) is 1.56. The molecule has 1 aliphatic heterocycles. The molecule has 8 heteroatoms. The number of hydrogen-bond acceptors (Lipinski definition) is 6. The summed E-state index contributed by atoms with van der Waals surface area (Å²) >= 11 is 0. The third kappa shape index (κ3) is 4.65. The summed E-state index contributed by atoms with van der Waals surface area (Å²) < 4.78 is 27.1. The minimum atomic E-state index is -0.290. The van der Waals surface area contributed by atoms with Gasteiger partial charge in [0.1, 0.15) is 17.7 Å². The molecule has 0 bridgehead atoms. The predicted molar refractivity (Wildman–Crippen MR) is 132 cm³/mol. The lowest BCUT2D eigenvalue weighted by molar-refractivity contribution is 0.0374. The average molecular weight is 473 g/mol. The van der Waals surface area contributed by atoms with Gasteiger partial charge in [-0.15, -0.1) is 0 Å². The fourth-order valence-electron chi connectivity index (χ4n) is 4.32. The van der Waals surface area contributed by atoms with Gasteiger partial charge in [-0.1, -0.05) is 24.3 Å². The van der Waals surface area contributed by atoms with Gasteiger partial charge in [-0.2, -0.15) is 0 Å². The van der Waals surface area contributed by atoms with Crippen LogP contribution in [0.4, 0.5) is 10.3 Å². The van der Waals surface area contributed by atoms with Gasteiger partial charge in [0, 0.05) is 43.2 Å². The highest BCUT2D eigenvalue weighted by Gasteiger charge is 2.27. The zero-order valence-electron chi connectivity index (χ0n) is 19.5.